The normalized spacial score (nSPS) is 50.6. The van der Waals surface area contributed by atoms with Gasteiger partial charge in [-0.25, -0.2) is 0 Å². The number of aliphatic hydroxyl groups excluding tert-OH is 1. The molecule has 4 N–H and O–H groups in total. The molecule has 2 spiro atoms. The van der Waals surface area contributed by atoms with E-state index in [1.54, 1.807) is 0 Å². The molecule has 0 aromatic carbocycles. The summed E-state index contributed by atoms with van der Waals surface area (Å²) >= 11 is 0. The molecule has 0 radical (unpaired) electrons. The van der Waals surface area contributed by atoms with Crippen LogP contribution in [0.5, 0.6) is 0 Å². The fourth-order valence-corrected chi connectivity index (χ4v) is 12.5. The summed E-state index contributed by atoms with van der Waals surface area (Å²) in [5, 5.41) is 22.7. The predicted molar refractivity (Wildman–Crippen MR) is 167 cm³/mol. The monoisotopic (exact) mass is 623 g/mol. The van der Waals surface area contributed by atoms with Crippen molar-refractivity contribution in [1.82, 2.24) is 0 Å². The topological polar surface area (TPSA) is 119 Å². The lowest BCUT2D eigenvalue weighted by molar-refractivity contribution is -0.210. The van der Waals surface area contributed by atoms with E-state index in [0.29, 0.717) is 12.8 Å². The Balaban J connectivity index is 0.00000368. The summed E-state index contributed by atoms with van der Waals surface area (Å²) in [5.74, 6) is 0.105. The third-order valence-electron chi connectivity index (χ3n) is 14.8. The first kappa shape index (κ1) is 33.6. The number of hydrogen-bond donors (Lipinski definition) is 3. The van der Waals surface area contributed by atoms with Crippen LogP contribution < -0.4 is 5.73 Å². The van der Waals surface area contributed by atoms with Crippen molar-refractivity contribution in [1.29, 1.82) is 0 Å². The quantitative estimate of drug-likeness (QED) is 0.341. The van der Waals surface area contributed by atoms with Gasteiger partial charge in [0.15, 0.2) is 0 Å². The maximum absolute atomic E-state index is 13.4. The van der Waals surface area contributed by atoms with Crippen LogP contribution >= 0.6 is 12.4 Å². The first-order valence-electron chi connectivity index (χ1n) is 16.8. The van der Waals surface area contributed by atoms with Crippen LogP contribution in [-0.2, 0) is 19.1 Å². The summed E-state index contributed by atoms with van der Waals surface area (Å²) in [5.41, 5.74) is 4.02. The van der Waals surface area contributed by atoms with E-state index in [1.165, 1.54) is 0 Å². The zero-order chi connectivity index (χ0) is 31.1. The van der Waals surface area contributed by atoms with Crippen LogP contribution in [0.1, 0.15) is 120 Å². The molecular weight excluding hydrogens is 566 g/mol. The zero-order valence-electron chi connectivity index (χ0n) is 28.0. The van der Waals surface area contributed by atoms with Crippen LogP contribution in [0.4, 0.5) is 0 Å². The standard InChI is InChI=1S/C35H57NO6.ClH/c1-19(2)25(36)28(39)41-21-16-22-32(8)17-20(37)26(33(9)12-11-24(42-33)30(5,6)40)31(32,7)14-15-34(22)18-35(34)13-10-23(38)29(3,4)27(21)35;/h19-22,24-27,37,40H,10-18,36H2,1-9H3;1H/t20-,21-,22?,24-,25-,26-,27-,31+,32-,33+,34?,35+;/m0./s1. The maximum Gasteiger partial charge on any atom is 0.323 e. The molecule has 5 aliphatic carbocycles. The van der Waals surface area contributed by atoms with Crippen LogP contribution in [0.3, 0.4) is 0 Å². The number of ketones is 1. The van der Waals surface area contributed by atoms with Gasteiger partial charge in [-0.3, -0.25) is 9.59 Å². The summed E-state index contributed by atoms with van der Waals surface area (Å²) in [7, 11) is 0. The van der Waals surface area contributed by atoms with Crippen LogP contribution in [0.15, 0.2) is 0 Å². The van der Waals surface area contributed by atoms with Gasteiger partial charge in [-0.2, -0.15) is 0 Å². The highest BCUT2D eigenvalue weighted by Crippen LogP contribution is 2.89. The molecule has 12 atom stereocenters. The van der Waals surface area contributed by atoms with Crippen LogP contribution in [0.25, 0.3) is 0 Å². The van der Waals surface area contributed by atoms with Crippen molar-refractivity contribution in [2.24, 2.45) is 56.5 Å². The third kappa shape index (κ3) is 4.26. The zero-order valence-corrected chi connectivity index (χ0v) is 28.8. The Bertz CT molecular complexity index is 1170. The fraction of sp³-hybridized carbons (Fsp3) is 0.943. The molecule has 2 unspecified atom stereocenters. The lowest BCUT2D eigenvalue weighted by Crippen LogP contribution is -2.62. The average Bonchev–Trinajstić information content (AvgIpc) is 3.24. The number of hydrogen-bond acceptors (Lipinski definition) is 7. The van der Waals surface area contributed by atoms with Gasteiger partial charge in [0, 0.05) is 23.7 Å². The maximum atomic E-state index is 13.4. The summed E-state index contributed by atoms with van der Waals surface area (Å²) in [6.45, 7) is 18.6. The second kappa shape index (κ2) is 9.89. The van der Waals surface area contributed by atoms with E-state index in [2.05, 4.69) is 34.6 Å². The third-order valence-corrected chi connectivity index (χ3v) is 14.8. The van der Waals surface area contributed by atoms with Crippen molar-refractivity contribution in [3.63, 3.8) is 0 Å². The molecule has 1 saturated heterocycles. The van der Waals surface area contributed by atoms with Crippen molar-refractivity contribution in [3.05, 3.63) is 0 Å². The highest BCUT2D eigenvalue weighted by atomic mass is 35.5. The molecule has 6 aliphatic rings. The second-order valence-corrected chi connectivity index (χ2v) is 17.8. The van der Waals surface area contributed by atoms with Gasteiger partial charge in [-0.05, 0) is 106 Å². The van der Waals surface area contributed by atoms with E-state index in [4.69, 9.17) is 15.2 Å². The number of ether oxygens (including phenoxy) is 2. The van der Waals surface area contributed by atoms with Gasteiger partial charge in [-0.1, -0.05) is 41.5 Å². The molecule has 7 nitrogen and oxygen atoms in total. The minimum Gasteiger partial charge on any atom is -0.461 e. The van der Waals surface area contributed by atoms with E-state index in [0.717, 1.165) is 44.9 Å². The molecular formula is C35H58ClNO6. The summed E-state index contributed by atoms with van der Waals surface area (Å²) in [4.78, 5) is 26.8. The van der Waals surface area contributed by atoms with Crippen LogP contribution in [0.2, 0.25) is 0 Å². The number of Topliss-reactive ketones (excluding diaryl/α,β-unsaturated/α-hetero) is 1. The van der Waals surface area contributed by atoms with Crippen molar-refractivity contribution in [2.45, 2.75) is 156 Å². The van der Waals surface area contributed by atoms with Crippen molar-refractivity contribution < 1.29 is 29.3 Å². The molecule has 6 rings (SSSR count). The van der Waals surface area contributed by atoms with Crippen molar-refractivity contribution in [2.75, 3.05) is 0 Å². The largest absolute Gasteiger partial charge is 0.461 e. The molecule has 0 aromatic heterocycles. The molecule has 43 heavy (non-hydrogen) atoms. The minimum absolute atomic E-state index is 0. The number of halogens is 1. The lowest BCUT2D eigenvalue weighted by atomic mass is 9.41. The van der Waals surface area contributed by atoms with Crippen LogP contribution in [-0.4, -0.2) is 57.5 Å². The Morgan fingerprint density at radius 1 is 1.02 bits per heavy atom. The Kier molecular flexibility index (Phi) is 7.73. The van der Waals surface area contributed by atoms with Crippen molar-refractivity contribution >= 4 is 24.2 Å². The number of carbonyl (C=O) groups excluding carboxylic acids is 2. The molecule has 0 amide bonds. The first-order chi connectivity index (χ1) is 19.2. The lowest BCUT2D eigenvalue weighted by Gasteiger charge is -2.64. The number of aliphatic hydroxyl groups is 2. The van der Waals surface area contributed by atoms with E-state index in [-0.39, 0.29) is 81.7 Å². The van der Waals surface area contributed by atoms with E-state index in [9.17, 15) is 19.8 Å². The number of nitrogens with two attached hydrogens (primary N) is 1. The number of esters is 1. The highest BCUT2D eigenvalue weighted by Gasteiger charge is 2.85. The van der Waals surface area contributed by atoms with Crippen LogP contribution in [0, 0.1) is 50.7 Å². The van der Waals surface area contributed by atoms with Gasteiger partial charge in [-0.15, -0.1) is 12.4 Å². The van der Waals surface area contributed by atoms with Gasteiger partial charge in [0.25, 0.3) is 0 Å². The summed E-state index contributed by atoms with van der Waals surface area (Å²) in [6, 6.07) is -0.692. The molecule has 5 saturated carbocycles. The fourth-order valence-electron chi connectivity index (χ4n) is 12.5. The first-order valence-corrected chi connectivity index (χ1v) is 16.8. The molecule has 0 aromatic rings. The number of rotatable bonds is 5. The van der Waals surface area contributed by atoms with Gasteiger partial charge in [0.2, 0.25) is 0 Å². The molecule has 6 fully saturated rings. The van der Waals surface area contributed by atoms with Gasteiger partial charge >= 0.3 is 5.97 Å². The smallest absolute Gasteiger partial charge is 0.323 e. The summed E-state index contributed by atoms with van der Waals surface area (Å²) < 4.78 is 13.1. The predicted octanol–water partition coefficient (Wildman–Crippen LogP) is 5.60. The molecule has 246 valence electrons. The molecule has 1 aliphatic heterocycles. The second-order valence-electron chi connectivity index (χ2n) is 17.8. The van der Waals surface area contributed by atoms with E-state index in [1.807, 2.05) is 27.7 Å². The average molecular weight is 624 g/mol. The van der Waals surface area contributed by atoms with Gasteiger partial charge in [0.1, 0.15) is 17.9 Å². The number of fused-ring (bicyclic) bond motifs is 2. The molecule has 0 bridgehead atoms. The van der Waals surface area contributed by atoms with Crippen molar-refractivity contribution in [3.8, 4) is 0 Å². The van der Waals surface area contributed by atoms with E-state index < -0.39 is 28.8 Å². The SMILES string of the molecule is CC(C)[C@H](N)C(=O)O[C@H]1CC2C3(CC[C@]4(C)[C@@H]([C@@]5(C)CC[C@@H](C(C)(C)O)O5)[C@@H](O)C[C@@]24C)C[C@@]32CCC(=O)C(C)(C)[C@H]12.Cl. The Morgan fingerprint density at radius 2 is 1.67 bits per heavy atom. The highest BCUT2D eigenvalue weighted by molar-refractivity contribution is 5.86. The van der Waals surface area contributed by atoms with Gasteiger partial charge < -0.3 is 25.4 Å². The summed E-state index contributed by atoms with van der Waals surface area (Å²) in [6.07, 6.45) is 6.52. The Hall–Kier alpha value is -0.730. The number of carbonyl (C=O) groups is 2. The van der Waals surface area contributed by atoms with Gasteiger partial charge in [0.05, 0.1) is 23.4 Å². The van der Waals surface area contributed by atoms with E-state index >= 15 is 0 Å². The Morgan fingerprint density at radius 3 is 2.26 bits per heavy atom. The molecule has 8 heteroatoms. The molecule has 1 heterocycles. The minimum atomic E-state index is -0.930. The Labute approximate surface area is 265 Å².